The smallest absolute Gasteiger partial charge is 0.127 e. The van der Waals surface area contributed by atoms with Crippen molar-refractivity contribution in [2.45, 2.75) is 96.9 Å². The summed E-state index contributed by atoms with van der Waals surface area (Å²) < 4.78 is 2.90. The molecule has 4 rings (SSSR count). The summed E-state index contributed by atoms with van der Waals surface area (Å²) >= 11 is 0. The van der Waals surface area contributed by atoms with E-state index in [0.717, 1.165) is 0 Å². The fraction of sp³-hybridized carbons (Fsp3) is 0.360. The lowest BCUT2D eigenvalue weighted by molar-refractivity contribution is 0.121. The van der Waals surface area contributed by atoms with Gasteiger partial charge in [0.25, 0.3) is 0 Å². The zero-order valence-electron chi connectivity index (χ0n) is 32.0. The molecule has 0 radical (unpaired) electrons. The van der Waals surface area contributed by atoms with Crippen molar-refractivity contribution in [3.63, 3.8) is 0 Å². The van der Waals surface area contributed by atoms with Gasteiger partial charge >= 0.3 is 0 Å². The first-order valence-corrected chi connectivity index (χ1v) is 20.5. The van der Waals surface area contributed by atoms with Crippen molar-refractivity contribution in [1.29, 1.82) is 0 Å². The van der Waals surface area contributed by atoms with Crippen LogP contribution in [0.25, 0.3) is 5.57 Å². The normalized spacial score (nSPS) is 21.3. The maximum absolute atomic E-state index is 4.99. The lowest BCUT2D eigenvalue weighted by atomic mass is 9.75. The highest BCUT2D eigenvalue weighted by molar-refractivity contribution is 6.76. The molecule has 1 saturated carbocycles. The van der Waals surface area contributed by atoms with Gasteiger partial charge in [-0.2, -0.15) is 0 Å². The molecule has 1 fully saturated rings. The first-order chi connectivity index (χ1) is 24.6. The minimum Gasteiger partial charge on any atom is -0.314 e. The van der Waals surface area contributed by atoms with E-state index in [9.17, 15) is 0 Å². The molecule has 0 amide bonds. The summed E-state index contributed by atoms with van der Waals surface area (Å²) in [7, 11) is -1.91. The highest BCUT2D eigenvalue weighted by Crippen LogP contribution is 2.61. The summed E-state index contributed by atoms with van der Waals surface area (Å²) in [6.07, 6.45) is 11.4. The fourth-order valence-corrected chi connectivity index (χ4v) is 15.8. The largest absolute Gasteiger partial charge is 0.314 e. The molecule has 1 aromatic rings. The molecule has 0 spiro atoms. The maximum Gasteiger partial charge on any atom is 0.127 e. The predicted octanol–water partition coefficient (Wildman–Crippen LogP) is 7.70. The molecule has 252 valence electrons. The van der Waals surface area contributed by atoms with Gasteiger partial charge in [-0.05, 0) is 195 Å². The molecule has 0 saturated heterocycles. The van der Waals surface area contributed by atoms with Crippen LogP contribution in [0.5, 0.6) is 0 Å². The molecule has 0 heterocycles. The van der Waals surface area contributed by atoms with E-state index in [4.69, 9.17) is 6.42 Å². The fourth-order valence-electron chi connectivity index (χ4n) is 9.25. The summed E-state index contributed by atoms with van der Waals surface area (Å²) in [5, 5.41) is 0. The maximum atomic E-state index is 4.99. The molecule has 2 heteroatoms. The van der Waals surface area contributed by atoms with Crippen LogP contribution in [-0.2, 0) is 5.41 Å². The molecule has 52 heavy (non-hydrogen) atoms. The number of nitrogens with zero attached hydrogens (tertiary/aromatic N) is 1. The third-order valence-corrected chi connectivity index (χ3v) is 14.8. The first-order valence-electron chi connectivity index (χ1n) is 17.5. The number of benzene rings is 1. The molecular formula is C50H43NSi. The molecule has 1 nitrogen and oxygen atoms in total. The van der Waals surface area contributed by atoms with Crippen LogP contribution in [-0.4, -0.2) is 23.9 Å². The Morgan fingerprint density at radius 3 is 1.58 bits per heavy atom. The summed E-state index contributed by atoms with van der Waals surface area (Å²) in [4.78, 5) is 0. The average Bonchev–Trinajstić information content (AvgIpc) is 3.52. The number of fused-ring (bicyclic) bond motifs is 4. The molecule has 3 aliphatic rings. The van der Waals surface area contributed by atoms with E-state index >= 15 is 0 Å². The quantitative estimate of drug-likeness (QED) is 0.228. The van der Waals surface area contributed by atoms with Gasteiger partial charge in [0, 0.05) is 34.8 Å². The zero-order valence-corrected chi connectivity index (χ0v) is 33.0. The Balaban J connectivity index is 1.52. The minimum absolute atomic E-state index is 0.0913. The van der Waals surface area contributed by atoms with Crippen molar-refractivity contribution < 1.29 is 0 Å². The summed E-state index contributed by atoms with van der Waals surface area (Å²) in [5.41, 5.74) is 5.63. The van der Waals surface area contributed by atoms with Gasteiger partial charge in [0.05, 0.1) is 5.41 Å². The third kappa shape index (κ3) is 8.84. The van der Waals surface area contributed by atoms with E-state index in [0.29, 0.717) is 23.3 Å². The van der Waals surface area contributed by atoms with Gasteiger partial charge in [0.1, 0.15) is 8.24 Å². The number of hydrogen-bond acceptors (Lipinski definition) is 1. The van der Waals surface area contributed by atoms with Gasteiger partial charge < -0.3 is 4.57 Å². The van der Waals surface area contributed by atoms with Crippen molar-refractivity contribution in [2.24, 2.45) is 17.8 Å². The van der Waals surface area contributed by atoms with Gasteiger partial charge in [-0.1, -0.05) is 62.4 Å². The minimum atomic E-state index is -1.91. The van der Waals surface area contributed by atoms with E-state index in [1.54, 1.807) is 0 Å². The molecule has 5 atom stereocenters. The van der Waals surface area contributed by atoms with Crippen LogP contribution in [0.15, 0.2) is 42.0 Å². The lowest BCUT2D eigenvalue weighted by Crippen LogP contribution is -2.67. The zero-order chi connectivity index (χ0) is 38.0. The van der Waals surface area contributed by atoms with Crippen molar-refractivity contribution in [3.05, 3.63) is 53.1 Å². The molecule has 3 aliphatic carbocycles. The molecule has 1 aromatic carbocycles. The van der Waals surface area contributed by atoms with Crippen LogP contribution in [0.1, 0.15) is 72.9 Å². The molecule has 0 aromatic heterocycles. The monoisotopic (exact) mass is 685 g/mol. The van der Waals surface area contributed by atoms with Crippen LogP contribution >= 0.6 is 0 Å². The average molecular weight is 686 g/mol. The Morgan fingerprint density at radius 1 is 0.673 bits per heavy atom. The molecule has 5 unspecified atom stereocenters. The SMILES string of the molecule is C#CC#CC#CC#CC#CC#CC#CC#CC#CC#CC#CC1(C)C2=CC3CC(C)C([Si](C)(C)N(C(C)(C)C)C(C)(C)C)C3C=C2c2ccccc21. The van der Waals surface area contributed by atoms with Crippen LogP contribution in [0.2, 0.25) is 18.6 Å². The molecule has 0 bridgehead atoms. The standard InChI is InChI=1S/C50H43NSi/c1-12-13-14-15-16-17-18-19-20-21-22-23-24-25-26-27-28-29-30-33-36-50(9)45-35-32-31-34-42(45)44-39-43-41(38-46(44)50)37-40(2)47(43)52(10,11)51(48(3,4)5)49(6,7)8/h1,31-32,34-35,38-41,43,47H,37H2,2-11H3. The van der Waals surface area contributed by atoms with Crippen LogP contribution in [0.3, 0.4) is 0 Å². The second-order valence-corrected chi connectivity index (χ2v) is 20.2. The van der Waals surface area contributed by atoms with Gasteiger partial charge in [0.2, 0.25) is 0 Å². The Kier molecular flexibility index (Phi) is 12.2. The molecule has 0 N–H and O–H groups in total. The molecule has 0 aliphatic heterocycles. The summed E-state index contributed by atoms with van der Waals surface area (Å²) in [5.74, 6) is 57.3. The van der Waals surface area contributed by atoms with Gasteiger partial charge in [0.15, 0.2) is 0 Å². The second kappa shape index (κ2) is 16.4. The van der Waals surface area contributed by atoms with E-state index in [1.165, 1.54) is 28.7 Å². The number of rotatable bonds is 2. The van der Waals surface area contributed by atoms with Gasteiger partial charge in [-0.15, -0.1) is 6.42 Å². The van der Waals surface area contributed by atoms with Crippen LogP contribution < -0.4 is 0 Å². The first kappa shape index (κ1) is 38.8. The Labute approximate surface area is 315 Å². The van der Waals surface area contributed by atoms with Gasteiger partial charge in [-0.3, -0.25) is 0 Å². The van der Waals surface area contributed by atoms with Crippen molar-refractivity contribution >= 4 is 13.8 Å². The highest BCUT2D eigenvalue weighted by atomic mass is 28.3. The van der Waals surface area contributed by atoms with Crippen LogP contribution in [0.4, 0.5) is 0 Å². The van der Waals surface area contributed by atoms with Gasteiger partial charge in [-0.25, -0.2) is 0 Å². The summed E-state index contributed by atoms with van der Waals surface area (Å²) in [6, 6.07) is 8.76. The van der Waals surface area contributed by atoms with E-state index in [-0.39, 0.29) is 11.1 Å². The Bertz CT molecular complexity index is 2380. The lowest BCUT2D eigenvalue weighted by Gasteiger charge is -2.57. The van der Waals surface area contributed by atoms with E-state index in [2.05, 4.69) is 234 Å². The third-order valence-electron chi connectivity index (χ3n) is 9.73. The number of hydrogen-bond donors (Lipinski definition) is 0. The number of allylic oxidation sites excluding steroid dienone is 4. The Morgan fingerprint density at radius 2 is 1.12 bits per heavy atom. The molecular weight excluding hydrogens is 643 g/mol. The summed E-state index contributed by atoms with van der Waals surface area (Å²) in [6.45, 7) is 24.3. The van der Waals surface area contributed by atoms with Crippen molar-refractivity contribution in [3.8, 4) is 131 Å². The van der Waals surface area contributed by atoms with Crippen molar-refractivity contribution in [1.82, 2.24) is 4.57 Å². The Hall–Kier alpha value is -5.96. The second-order valence-electron chi connectivity index (χ2n) is 15.8. The van der Waals surface area contributed by atoms with Crippen molar-refractivity contribution in [2.75, 3.05) is 0 Å². The predicted molar refractivity (Wildman–Crippen MR) is 220 cm³/mol. The van der Waals surface area contributed by atoms with Crippen LogP contribution in [0, 0.1) is 149 Å². The highest BCUT2D eigenvalue weighted by Gasteiger charge is 2.56. The topological polar surface area (TPSA) is 3.24 Å². The van der Waals surface area contributed by atoms with E-state index in [1.807, 2.05) is 0 Å². The number of terminal acetylenes is 1. The van der Waals surface area contributed by atoms with E-state index < -0.39 is 13.7 Å².